The minimum absolute atomic E-state index is 0. The topological polar surface area (TPSA) is 32.3 Å². The minimum Gasteiger partial charge on any atom is -0.339 e. The monoisotopic (exact) mass is 304 g/mol. The van der Waals surface area contributed by atoms with Gasteiger partial charge in [0, 0.05) is 30.7 Å². The lowest BCUT2D eigenvalue weighted by Gasteiger charge is -2.36. The second kappa shape index (κ2) is 6.99. The van der Waals surface area contributed by atoms with Crippen LogP contribution in [-0.2, 0) is 11.2 Å². The number of nitrogens with one attached hydrogen (secondary N) is 1. The normalized spacial score (nSPS) is 22.3. The zero-order valence-electron chi connectivity index (χ0n) is 11.5. The first-order valence-electron chi connectivity index (χ1n) is 6.44. The molecule has 1 aliphatic rings. The number of hydrogen-bond donors (Lipinski definition) is 1. The molecule has 2 unspecified atom stereocenters. The molecule has 1 aromatic rings. The molecule has 1 aliphatic heterocycles. The van der Waals surface area contributed by atoms with Crippen LogP contribution in [0.5, 0.6) is 0 Å². The summed E-state index contributed by atoms with van der Waals surface area (Å²) in [5, 5.41) is 3.32. The Morgan fingerprint density at radius 2 is 1.90 bits per heavy atom. The smallest absolute Gasteiger partial charge is 0.227 e. The van der Waals surface area contributed by atoms with Crippen molar-refractivity contribution in [1.29, 1.82) is 0 Å². The van der Waals surface area contributed by atoms with Crippen molar-refractivity contribution in [3.05, 3.63) is 35.4 Å². The number of carbonyl (C=O) groups excluding carboxylic acids is 1. The van der Waals surface area contributed by atoms with Crippen LogP contribution in [0.4, 0.5) is 8.78 Å². The molecule has 2 atom stereocenters. The van der Waals surface area contributed by atoms with E-state index in [1.807, 2.05) is 13.8 Å². The largest absolute Gasteiger partial charge is 0.339 e. The van der Waals surface area contributed by atoms with Crippen LogP contribution in [0.2, 0.25) is 0 Å². The molecule has 1 heterocycles. The quantitative estimate of drug-likeness (QED) is 0.908. The maximum atomic E-state index is 13.5. The number of piperazine rings is 1. The third kappa shape index (κ3) is 3.90. The van der Waals surface area contributed by atoms with E-state index in [4.69, 9.17) is 0 Å². The number of benzene rings is 1. The van der Waals surface area contributed by atoms with Gasteiger partial charge < -0.3 is 10.2 Å². The van der Waals surface area contributed by atoms with Gasteiger partial charge in [0.05, 0.1) is 6.42 Å². The fourth-order valence-corrected chi connectivity index (χ4v) is 2.49. The molecule has 0 spiro atoms. The van der Waals surface area contributed by atoms with Crippen LogP contribution in [0.15, 0.2) is 18.2 Å². The van der Waals surface area contributed by atoms with Gasteiger partial charge in [0.1, 0.15) is 0 Å². The lowest BCUT2D eigenvalue weighted by Crippen LogP contribution is -2.56. The van der Waals surface area contributed by atoms with E-state index in [9.17, 15) is 13.6 Å². The number of nitrogens with zero attached hydrogens (tertiary/aromatic N) is 1. The highest BCUT2D eigenvalue weighted by Crippen LogP contribution is 2.14. The van der Waals surface area contributed by atoms with Crippen LogP contribution in [0.3, 0.4) is 0 Å². The highest BCUT2D eigenvalue weighted by Gasteiger charge is 2.25. The Balaban J connectivity index is 0.00000200. The first-order chi connectivity index (χ1) is 8.97. The first-order valence-corrected chi connectivity index (χ1v) is 6.44. The van der Waals surface area contributed by atoms with Crippen molar-refractivity contribution in [2.45, 2.75) is 32.4 Å². The SMILES string of the molecule is CC1CN(C(=O)Cc2cccc(F)c2F)CC(C)N1.Cl. The summed E-state index contributed by atoms with van der Waals surface area (Å²) in [4.78, 5) is 13.8. The van der Waals surface area contributed by atoms with E-state index in [2.05, 4.69) is 5.32 Å². The number of rotatable bonds is 2. The zero-order chi connectivity index (χ0) is 14.0. The van der Waals surface area contributed by atoms with E-state index in [0.717, 1.165) is 6.07 Å². The molecular formula is C14H19ClF2N2O. The number of hydrogen-bond acceptors (Lipinski definition) is 2. The van der Waals surface area contributed by atoms with Gasteiger partial charge in [-0.2, -0.15) is 0 Å². The van der Waals surface area contributed by atoms with Crippen LogP contribution in [0, 0.1) is 11.6 Å². The Bertz CT molecular complexity index is 474. The molecule has 6 heteroatoms. The molecule has 1 amide bonds. The van der Waals surface area contributed by atoms with Crippen molar-refractivity contribution in [3.63, 3.8) is 0 Å². The van der Waals surface area contributed by atoms with Gasteiger partial charge in [-0.05, 0) is 19.9 Å². The number of amides is 1. The van der Waals surface area contributed by atoms with Gasteiger partial charge in [0.2, 0.25) is 5.91 Å². The third-order valence-electron chi connectivity index (χ3n) is 3.28. The summed E-state index contributed by atoms with van der Waals surface area (Å²) in [6.45, 7) is 5.19. The molecule has 20 heavy (non-hydrogen) atoms. The Hall–Kier alpha value is -1.20. The van der Waals surface area contributed by atoms with E-state index in [-0.39, 0.29) is 42.4 Å². The van der Waals surface area contributed by atoms with E-state index in [1.165, 1.54) is 12.1 Å². The molecule has 0 radical (unpaired) electrons. The summed E-state index contributed by atoms with van der Waals surface area (Å²) in [6, 6.07) is 4.35. The van der Waals surface area contributed by atoms with Crippen molar-refractivity contribution in [2.75, 3.05) is 13.1 Å². The molecule has 1 N–H and O–H groups in total. The average molecular weight is 305 g/mol. The molecule has 112 valence electrons. The van der Waals surface area contributed by atoms with Crippen LogP contribution in [-0.4, -0.2) is 36.0 Å². The fraction of sp³-hybridized carbons (Fsp3) is 0.500. The standard InChI is InChI=1S/C14H18F2N2O.ClH/c1-9-7-18(8-10(2)17-9)13(19)6-11-4-3-5-12(15)14(11)16;/h3-5,9-10,17H,6-8H2,1-2H3;1H. The molecular weight excluding hydrogens is 286 g/mol. The van der Waals surface area contributed by atoms with Gasteiger partial charge in [0.15, 0.2) is 11.6 Å². The summed E-state index contributed by atoms with van der Waals surface area (Å²) in [7, 11) is 0. The molecule has 0 aliphatic carbocycles. The summed E-state index contributed by atoms with van der Waals surface area (Å²) >= 11 is 0. The molecule has 1 saturated heterocycles. The summed E-state index contributed by atoms with van der Waals surface area (Å²) in [5.41, 5.74) is 0.115. The maximum absolute atomic E-state index is 13.5. The fourth-order valence-electron chi connectivity index (χ4n) is 2.49. The van der Waals surface area contributed by atoms with Crippen molar-refractivity contribution < 1.29 is 13.6 Å². The first kappa shape index (κ1) is 16.9. The number of halogens is 3. The lowest BCUT2D eigenvalue weighted by atomic mass is 10.1. The predicted molar refractivity (Wildman–Crippen MR) is 75.9 cm³/mol. The lowest BCUT2D eigenvalue weighted by molar-refractivity contribution is -0.132. The van der Waals surface area contributed by atoms with Crippen molar-refractivity contribution in [1.82, 2.24) is 10.2 Å². The maximum Gasteiger partial charge on any atom is 0.227 e. The van der Waals surface area contributed by atoms with Gasteiger partial charge in [0.25, 0.3) is 0 Å². The van der Waals surface area contributed by atoms with E-state index >= 15 is 0 Å². The van der Waals surface area contributed by atoms with Gasteiger partial charge in [-0.15, -0.1) is 12.4 Å². The van der Waals surface area contributed by atoms with E-state index in [1.54, 1.807) is 4.90 Å². The van der Waals surface area contributed by atoms with Crippen LogP contribution in [0.25, 0.3) is 0 Å². The van der Waals surface area contributed by atoms with Crippen molar-refractivity contribution >= 4 is 18.3 Å². The third-order valence-corrected chi connectivity index (χ3v) is 3.28. The van der Waals surface area contributed by atoms with Gasteiger partial charge in [-0.1, -0.05) is 12.1 Å². The average Bonchev–Trinajstić information content (AvgIpc) is 2.33. The Morgan fingerprint density at radius 1 is 1.30 bits per heavy atom. The minimum atomic E-state index is -0.924. The molecule has 3 nitrogen and oxygen atoms in total. The summed E-state index contributed by atoms with van der Waals surface area (Å²) in [5.74, 6) is -2.00. The van der Waals surface area contributed by atoms with Gasteiger partial charge >= 0.3 is 0 Å². The molecule has 0 aromatic heterocycles. The molecule has 2 rings (SSSR count). The molecule has 0 bridgehead atoms. The van der Waals surface area contributed by atoms with Crippen molar-refractivity contribution in [2.24, 2.45) is 0 Å². The van der Waals surface area contributed by atoms with Crippen LogP contribution >= 0.6 is 12.4 Å². The predicted octanol–water partition coefficient (Wildman–Crippen LogP) is 2.14. The van der Waals surface area contributed by atoms with Crippen LogP contribution in [0.1, 0.15) is 19.4 Å². The van der Waals surface area contributed by atoms with Gasteiger partial charge in [-0.25, -0.2) is 8.78 Å². The van der Waals surface area contributed by atoms with Crippen molar-refractivity contribution in [3.8, 4) is 0 Å². The zero-order valence-corrected chi connectivity index (χ0v) is 12.3. The van der Waals surface area contributed by atoms with Gasteiger partial charge in [-0.3, -0.25) is 4.79 Å². The van der Waals surface area contributed by atoms with E-state index in [0.29, 0.717) is 13.1 Å². The van der Waals surface area contributed by atoms with E-state index < -0.39 is 11.6 Å². The molecule has 1 fully saturated rings. The molecule has 0 saturated carbocycles. The highest BCUT2D eigenvalue weighted by atomic mass is 35.5. The second-order valence-electron chi connectivity index (χ2n) is 5.16. The Morgan fingerprint density at radius 3 is 2.50 bits per heavy atom. The highest BCUT2D eigenvalue weighted by molar-refractivity contribution is 5.85. The number of carbonyl (C=O) groups is 1. The Kier molecular flexibility index (Phi) is 5.89. The molecule has 1 aromatic carbocycles. The van der Waals surface area contributed by atoms with Crippen LogP contribution < -0.4 is 5.32 Å². The second-order valence-corrected chi connectivity index (χ2v) is 5.16. The summed E-state index contributed by atoms with van der Waals surface area (Å²) in [6.07, 6.45) is -0.0942. The summed E-state index contributed by atoms with van der Waals surface area (Å²) < 4.78 is 26.6. The Labute approximate surface area is 123 Å².